The summed E-state index contributed by atoms with van der Waals surface area (Å²) < 4.78 is 0. The zero-order valence-corrected chi connectivity index (χ0v) is 11.3. The van der Waals surface area contributed by atoms with Crippen molar-refractivity contribution < 1.29 is 0 Å². The Morgan fingerprint density at radius 3 is 2.94 bits per heavy atom. The van der Waals surface area contributed by atoms with Crippen LogP contribution in [-0.4, -0.2) is 23.1 Å². The quantitative estimate of drug-likeness (QED) is 0.825. The lowest BCUT2D eigenvalue weighted by Gasteiger charge is -2.20. The number of fused-ring (bicyclic) bond motifs is 1. The minimum absolute atomic E-state index is 0.353. The van der Waals surface area contributed by atoms with Crippen LogP contribution in [0.3, 0.4) is 0 Å². The molecule has 5 heteroatoms. The van der Waals surface area contributed by atoms with Gasteiger partial charge in [0.25, 0.3) is 0 Å². The largest absolute Gasteiger partial charge is 0.369 e. The predicted octanol–water partition coefficient (Wildman–Crippen LogP) is 2.38. The first-order valence-corrected chi connectivity index (χ1v) is 7.20. The molecule has 0 aromatic carbocycles. The summed E-state index contributed by atoms with van der Waals surface area (Å²) in [4.78, 5) is 8.67. The highest BCUT2D eigenvalue weighted by Crippen LogP contribution is 2.26. The number of aromatic nitrogens is 2. The predicted molar refractivity (Wildman–Crippen MR) is 72.9 cm³/mol. The van der Waals surface area contributed by atoms with Gasteiger partial charge in [0, 0.05) is 18.7 Å². The third-order valence-electron chi connectivity index (χ3n) is 3.94. The molecule has 1 aliphatic heterocycles. The van der Waals surface area contributed by atoms with Crippen molar-refractivity contribution in [2.75, 3.05) is 18.4 Å². The van der Waals surface area contributed by atoms with Crippen LogP contribution < -0.4 is 10.6 Å². The van der Waals surface area contributed by atoms with Gasteiger partial charge in [-0.3, -0.25) is 0 Å². The summed E-state index contributed by atoms with van der Waals surface area (Å²) in [6, 6.07) is 0. The average Bonchev–Trinajstić information content (AvgIpc) is 2.89. The fourth-order valence-electron chi connectivity index (χ4n) is 2.93. The van der Waals surface area contributed by atoms with Gasteiger partial charge < -0.3 is 10.6 Å². The lowest BCUT2D eigenvalue weighted by molar-refractivity contribution is 0.576. The Morgan fingerprint density at radius 2 is 2.11 bits per heavy atom. The molecule has 0 saturated heterocycles. The maximum Gasteiger partial charge on any atom is 0.224 e. The van der Waals surface area contributed by atoms with Crippen LogP contribution >= 0.6 is 11.6 Å². The highest BCUT2D eigenvalue weighted by molar-refractivity contribution is 6.28. The number of hydrogen-bond donors (Lipinski definition) is 2. The zero-order valence-electron chi connectivity index (χ0n) is 10.5. The van der Waals surface area contributed by atoms with E-state index in [-0.39, 0.29) is 0 Å². The van der Waals surface area contributed by atoms with Crippen LogP contribution in [0.1, 0.15) is 36.9 Å². The first-order valence-electron chi connectivity index (χ1n) is 6.83. The molecule has 0 bridgehead atoms. The molecule has 0 atom stereocenters. The van der Waals surface area contributed by atoms with Crippen LogP contribution in [0.4, 0.5) is 5.82 Å². The molecule has 0 amide bonds. The van der Waals surface area contributed by atoms with E-state index in [0.717, 1.165) is 43.5 Å². The van der Waals surface area contributed by atoms with Crippen molar-refractivity contribution in [2.45, 2.75) is 38.6 Å². The fourth-order valence-corrected chi connectivity index (χ4v) is 3.12. The molecule has 4 nitrogen and oxygen atoms in total. The molecular formula is C13H19ClN4. The molecule has 0 unspecified atom stereocenters. The molecule has 1 aromatic heterocycles. The first kappa shape index (κ1) is 12.2. The third kappa shape index (κ3) is 2.59. The van der Waals surface area contributed by atoms with E-state index >= 15 is 0 Å². The lowest BCUT2D eigenvalue weighted by atomic mass is 10.1. The van der Waals surface area contributed by atoms with E-state index in [1.54, 1.807) is 0 Å². The van der Waals surface area contributed by atoms with Crippen molar-refractivity contribution in [2.24, 2.45) is 5.92 Å². The normalized spacial score (nSPS) is 19.8. The summed E-state index contributed by atoms with van der Waals surface area (Å²) in [5, 5.41) is 7.16. The van der Waals surface area contributed by atoms with Gasteiger partial charge >= 0.3 is 0 Å². The Morgan fingerprint density at radius 1 is 1.28 bits per heavy atom. The van der Waals surface area contributed by atoms with E-state index in [2.05, 4.69) is 20.6 Å². The fraction of sp³-hybridized carbons (Fsp3) is 0.692. The summed E-state index contributed by atoms with van der Waals surface area (Å²) in [7, 11) is 0. The van der Waals surface area contributed by atoms with Crippen LogP contribution in [0.25, 0.3) is 0 Å². The van der Waals surface area contributed by atoms with Crippen LogP contribution in [0.5, 0.6) is 0 Å². The maximum atomic E-state index is 5.99. The Hall–Kier alpha value is -0.870. The van der Waals surface area contributed by atoms with Gasteiger partial charge in [-0.15, -0.1) is 0 Å². The van der Waals surface area contributed by atoms with Gasteiger partial charge in [0.15, 0.2) is 0 Å². The molecule has 0 radical (unpaired) electrons. The van der Waals surface area contributed by atoms with Gasteiger partial charge in [-0.2, -0.15) is 0 Å². The summed E-state index contributed by atoms with van der Waals surface area (Å²) in [5.74, 6) is 1.76. The minimum atomic E-state index is 0.353. The molecule has 2 N–H and O–H groups in total. The van der Waals surface area contributed by atoms with E-state index in [1.165, 1.54) is 31.2 Å². The Kier molecular flexibility index (Phi) is 3.66. The minimum Gasteiger partial charge on any atom is -0.369 e. The van der Waals surface area contributed by atoms with Gasteiger partial charge in [-0.1, -0.05) is 12.8 Å². The van der Waals surface area contributed by atoms with Crippen LogP contribution in [0.15, 0.2) is 0 Å². The SMILES string of the molecule is Clc1nc2c(c(NCC3CCCC3)n1)CCNC2. The smallest absolute Gasteiger partial charge is 0.224 e. The number of nitrogens with zero attached hydrogens (tertiary/aromatic N) is 2. The van der Waals surface area contributed by atoms with Gasteiger partial charge in [-0.05, 0) is 43.3 Å². The highest BCUT2D eigenvalue weighted by Gasteiger charge is 2.19. The molecule has 1 fully saturated rings. The summed E-state index contributed by atoms with van der Waals surface area (Å²) in [5.41, 5.74) is 2.30. The highest BCUT2D eigenvalue weighted by atomic mass is 35.5. The maximum absolute atomic E-state index is 5.99. The number of anilines is 1. The molecule has 1 aromatic rings. The second-order valence-electron chi connectivity index (χ2n) is 5.22. The topological polar surface area (TPSA) is 49.8 Å². The van der Waals surface area contributed by atoms with Crippen molar-refractivity contribution in [1.82, 2.24) is 15.3 Å². The molecule has 0 spiro atoms. The van der Waals surface area contributed by atoms with Crippen LogP contribution in [-0.2, 0) is 13.0 Å². The molecule has 98 valence electrons. The van der Waals surface area contributed by atoms with Crippen molar-refractivity contribution in [3.8, 4) is 0 Å². The van der Waals surface area contributed by atoms with E-state index in [4.69, 9.17) is 11.6 Å². The molecule has 3 rings (SSSR count). The monoisotopic (exact) mass is 266 g/mol. The van der Waals surface area contributed by atoms with Crippen molar-refractivity contribution in [1.29, 1.82) is 0 Å². The van der Waals surface area contributed by atoms with Gasteiger partial charge in [0.2, 0.25) is 5.28 Å². The second-order valence-corrected chi connectivity index (χ2v) is 5.56. The average molecular weight is 267 g/mol. The van der Waals surface area contributed by atoms with E-state index in [0.29, 0.717) is 5.28 Å². The number of hydrogen-bond acceptors (Lipinski definition) is 4. The summed E-state index contributed by atoms with van der Waals surface area (Å²) in [6.45, 7) is 2.82. The van der Waals surface area contributed by atoms with Crippen molar-refractivity contribution >= 4 is 17.4 Å². The molecule has 2 aliphatic rings. The number of halogens is 1. The van der Waals surface area contributed by atoms with Crippen molar-refractivity contribution in [3.63, 3.8) is 0 Å². The number of nitrogens with one attached hydrogen (secondary N) is 2. The molecule has 1 saturated carbocycles. The van der Waals surface area contributed by atoms with Crippen LogP contribution in [0, 0.1) is 5.92 Å². The van der Waals surface area contributed by atoms with E-state index in [9.17, 15) is 0 Å². The number of rotatable bonds is 3. The van der Waals surface area contributed by atoms with Crippen molar-refractivity contribution in [3.05, 3.63) is 16.5 Å². The zero-order chi connectivity index (χ0) is 12.4. The molecular weight excluding hydrogens is 248 g/mol. The van der Waals surface area contributed by atoms with E-state index < -0.39 is 0 Å². The third-order valence-corrected chi connectivity index (χ3v) is 4.11. The summed E-state index contributed by atoms with van der Waals surface area (Å²) >= 11 is 5.99. The molecule has 1 aliphatic carbocycles. The first-order chi connectivity index (χ1) is 8.83. The Bertz CT molecular complexity index is 429. The molecule has 18 heavy (non-hydrogen) atoms. The van der Waals surface area contributed by atoms with Gasteiger partial charge in [-0.25, -0.2) is 9.97 Å². The van der Waals surface area contributed by atoms with Gasteiger partial charge in [0.05, 0.1) is 5.69 Å². The Balaban J connectivity index is 1.75. The summed E-state index contributed by atoms with van der Waals surface area (Å²) in [6.07, 6.45) is 6.42. The van der Waals surface area contributed by atoms with Gasteiger partial charge in [0.1, 0.15) is 5.82 Å². The standard InChI is InChI=1S/C13H19ClN4/c14-13-17-11-8-15-6-5-10(11)12(18-13)16-7-9-3-1-2-4-9/h9,15H,1-8H2,(H,16,17,18). The van der Waals surface area contributed by atoms with Crippen LogP contribution in [0.2, 0.25) is 5.28 Å². The second kappa shape index (κ2) is 5.41. The lowest BCUT2D eigenvalue weighted by Crippen LogP contribution is -2.27. The Labute approximate surface area is 113 Å². The molecule has 2 heterocycles. The van der Waals surface area contributed by atoms with E-state index in [1.807, 2.05) is 0 Å².